The first-order chi connectivity index (χ1) is 40.8. The van der Waals surface area contributed by atoms with Crippen LogP contribution in [0.5, 0.6) is 5.75 Å². The number of aliphatic hydroxyl groups excluding tert-OH is 3. The fourth-order valence-electron chi connectivity index (χ4n) is 9.80. The van der Waals surface area contributed by atoms with E-state index in [1.54, 1.807) is 30.4 Å². The van der Waals surface area contributed by atoms with Gasteiger partial charge in [0.1, 0.15) is 18.5 Å². The molecule has 0 saturated carbocycles. The van der Waals surface area contributed by atoms with E-state index in [4.69, 9.17) is 20.1 Å². The molecule has 9 atom stereocenters. The predicted octanol–water partition coefficient (Wildman–Crippen LogP) is 13.0. The highest BCUT2D eigenvalue weighted by atomic mass is 19.4. The van der Waals surface area contributed by atoms with Crippen molar-refractivity contribution >= 4 is 35.3 Å². The molecule has 0 heterocycles. The number of carboxylic acid groups (broad SMARTS) is 3. The van der Waals surface area contributed by atoms with Crippen LogP contribution in [0.4, 0.5) is 13.2 Å². The number of carboxylic acids is 3. The quantitative estimate of drug-likeness (QED) is 0.0242. The monoisotopic (exact) mass is 1180 g/mol. The number of aryl methyl sites for hydroxylation is 2. The number of ketones is 3. The third-order valence-corrected chi connectivity index (χ3v) is 14.7. The van der Waals surface area contributed by atoms with E-state index in [-0.39, 0.29) is 90.6 Å². The van der Waals surface area contributed by atoms with Gasteiger partial charge in [0.2, 0.25) is 0 Å². The summed E-state index contributed by atoms with van der Waals surface area (Å²) in [5.41, 5.74) is 1.61. The van der Waals surface area contributed by atoms with E-state index in [2.05, 4.69) is 12.1 Å². The van der Waals surface area contributed by atoms with Gasteiger partial charge in [-0.2, -0.15) is 13.2 Å². The molecule has 0 saturated heterocycles. The molecule has 0 spiro atoms. The second-order valence-electron chi connectivity index (χ2n) is 21.4. The number of carbonyl (C=O) groups excluding carboxylic acids is 3. The molecular formula is C69H83F3O13. The summed E-state index contributed by atoms with van der Waals surface area (Å²) in [4.78, 5) is 67.6. The van der Waals surface area contributed by atoms with Gasteiger partial charge in [0, 0.05) is 48.9 Å². The average Bonchev–Trinajstić information content (AvgIpc) is 4.40. The number of ether oxygens (including phenoxy) is 1. The van der Waals surface area contributed by atoms with Crippen LogP contribution >= 0.6 is 0 Å². The van der Waals surface area contributed by atoms with Crippen molar-refractivity contribution in [3.8, 4) is 5.75 Å². The molecule has 0 bridgehead atoms. The van der Waals surface area contributed by atoms with Crippen molar-refractivity contribution in [2.24, 2.45) is 35.5 Å². The van der Waals surface area contributed by atoms with E-state index >= 15 is 0 Å². The molecule has 0 amide bonds. The lowest BCUT2D eigenvalue weighted by Gasteiger charge is -2.18. The zero-order valence-corrected chi connectivity index (χ0v) is 48.1. The molecule has 85 heavy (non-hydrogen) atoms. The van der Waals surface area contributed by atoms with Gasteiger partial charge in [0.15, 0.2) is 17.3 Å². The van der Waals surface area contributed by atoms with Crippen LogP contribution in [0.1, 0.15) is 119 Å². The van der Waals surface area contributed by atoms with Gasteiger partial charge < -0.3 is 35.4 Å². The van der Waals surface area contributed by atoms with E-state index in [1.165, 1.54) is 35.4 Å². The van der Waals surface area contributed by atoms with Crippen molar-refractivity contribution in [1.29, 1.82) is 0 Å². The van der Waals surface area contributed by atoms with Gasteiger partial charge >= 0.3 is 24.1 Å². The first-order valence-electron chi connectivity index (χ1n) is 29.3. The average molecular weight is 1180 g/mol. The van der Waals surface area contributed by atoms with Crippen LogP contribution in [-0.4, -0.2) is 90.8 Å². The highest BCUT2D eigenvalue weighted by Gasteiger charge is 2.32. The van der Waals surface area contributed by atoms with E-state index in [9.17, 15) is 57.3 Å². The Morgan fingerprint density at radius 3 is 1.46 bits per heavy atom. The van der Waals surface area contributed by atoms with Crippen LogP contribution in [0.25, 0.3) is 0 Å². The Hall–Kier alpha value is -7.53. The number of halogens is 3. The number of benzene rings is 3. The first kappa shape index (κ1) is 70.0. The number of rotatable bonds is 34. The van der Waals surface area contributed by atoms with Crippen molar-refractivity contribution < 1.29 is 77.3 Å². The van der Waals surface area contributed by atoms with Gasteiger partial charge in [0.25, 0.3) is 0 Å². The topological polar surface area (TPSA) is 233 Å². The second kappa shape index (κ2) is 39.2. The fraction of sp³-hybridized carbons (Fsp3) is 0.420. The van der Waals surface area contributed by atoms with E-state index in [0.717, 1.165) is 44.2 Å². The summed E-state index contributed by atoms with van der Waals surface area (Å²) in [5, 5.41) is 56.4. The van der Waals surface area contributed by atoms with Crippen molar-refractivity contribution in [3.05, 3.63) is 199 Å². The Labute approximate surface area is 497 Å². The van der Waals surface area contributed by atoms with Crippen molar-refractivity contribution in [3.63, 3.8) is 0 Å². The summed E-state index contributed by atoms with van der Waals surface area (Å²) in [6, 6.07) is 24.6. The largest absolute Gasteiger partial charge is 0.491 e. The number of unbranched alkanes of at least 4 members (excludes halogenated alkanes) is 3. The first-order valence-corrected chi connectivity index (χ1v) is 29.3. The number of allylic oxidation sites excluding steroid dienone is 14. The Morgan fingerprint density at radius 1 is 0.529 bits per heavy atom. The normalized spacial score (nSPS) is 20.4. The molecular weight excluding hydrogens is 1090 g/mol. The third-order valence-electron chi connectivity index (χ3n) is 14.7. The third kappa shape index (κ3) is 29.2. The van der Waals surface area contributed by atoms with Gasteiger partial charge in [-0.15, -0.1) is 0 Å². The lowest BCUT2D eigenvalue weighted by atomic mass is 9.86. The minimum absolute atomic E-state index is 0.00382. The van der Waals surface area contributed by atoms with E-state index in [1.807, 2.05) is 103 Å². The molecule has 3 aliphatic carbocycles. The molecule has 0 radical (unpaired) electrons. The molecule has 3 aliphatic rings. The summed E-state index contributed by atoms with van der Waals surface area (Å²) in [6.07, 6.45) is 33.1. The summed E-state index contributed by atoms with van der Waals surface area (Å²) in [7, 11) is 0. The highest BCUT2D eigenvalue weighted by Crippen LogP contribution is 2.33. The fourth-order valence-corrected chi connectivity index (χ4v) is 9.80. The van der Waals surface area contributed by atoms with Gasteiger partial charge in [-0.3, -0.25) is 28.8 Å². The number of carbonyl (C=O) groups is 6. The Morgan fingerprint density at radius 2 is 0.976 bits per heavy atom. The van der Waals surface area contributed by atoms with Gasteiger partial charge in [-0.25, -0.2) is 0 Å². The van der Waals surface area contributed by atoms with Crippen LogP contribution in [0.3, 0.4) is 0 Å². The van der Waals surface area contributed by atoms with Crippen molar-refractivity contribution in [1.82, 2.24) is 0 Å². The van der Waals surface area contributed by atoms with Crippen LogP contribution in [0.15, 0.2) is 182 Å². The second-order valence-corrected chi connectivity index (χ2v) is 21.4. The summed E-state index contributed by atoms with van der Waals surface area (Å²) in [5.74, 6) is -2.64. The minimum atomic E-state index is -4.47. The summed E-state index contributed by atoms with van der Waals surface area (Å²) < 4.78 is 43.4. The van der Waals surface area contributed by atoms with Crippen LogP contribution in [-0.2, 0) is 47.8 Å². The maximum atomic E-state index is 12.7. The highest BCUT2D eigenvalue weighted by molar-refractivity contribution is 5.96. The van der Waals surface area contributed by atoms with Crippen LogP contribution < -0.4 is 4.74 Å². The lowest BCUT2D eigenvalue weighted by molar-refractivity contribution is -0.138. The number of aliphatic hydroxyl groups is 3. The Bertz CT molecular complexity index is 2780. The lowest BCUT2D eigenvalue weighted by Crippen LogP contribution is -2.17. The van der Waals surface area contributed by atoms with Gasteiger partial charge in [-0.1, -0.05) is 146 Å². The number of hydrogen-bond donors (Lipinski definition) is 6. The summed E-state index contributed by atoms with van der Waals surface area (Å²) in [6.45, 7) is -0.226. The number of aliphatic carboxylic acids is 3. The zero-order chi connectivity index (χ0) is 61.8. The molecule has 0 fully saturated rings. The SMILES string of the molecule is O=C(O)CCC/C=C\C[C@H]1C(=O)C=C[C@@H]1/C=C/[C@@H](O)CCc1ccccc1.O=C(O)CCC/C=C\C[C@H]1C(=O)C=C[C@@H]1/C=C/[C@@H](O)COc1cccc(C(F)(F)F)c1.O=C(O)CCC/C=C\C[C@H]1C(=O)C=C[C@@H]1CC[C@@H](O)CCc1ccccc1. The van der Waals surface area contributed by atoms with E-state index < -0.39 is 41.9 Å². The molecule has 0 aliphatic heterocycles. The number of hydrogen-bond acceptors (Lipinski definition) is 10. The van der Waals surface area contributed by atoms with E-state index in [0.29, 0.717) is 64.2 Å². The van der Waals surface area contributed by atoms with Crippen molar-refractivity contribution in [2.45, 2.75) is 140 Å². The predicted molar refractivity (Wildman–Crippen MR) is 321 cm³/mol. The minimum Gasteiger partial charge on any atom is -0.491 e. The standard InChI is InChI=1S/C23H25F3O5.C23H30O4.C23H28O4/c24-23(25,26)17-6-5-7-19(14-17)31-15-18(27)12-10-16-11-13-21(28)20(16)8-3-1-2-4-9-22(29)30;2*24-20(15-12-18-8-4-3-5-9-18)16-13-19-14-17-22(25)21(19)10-6-1-2-7-11-23(26)27/h1,3,5-7,10-14,16,18,20,27H,2,4,8-9,15H2,(H,29,30);1,3-6,8-9,14,17,19-21,24H,2,7,10-13,15-16H2,(H,26,27);1,3-6,8-9,13-14,16-17,19-21,24H,2,7,10-12,15H2,(H,26,27)/b3-1-,12-10+;6-1-;6-1-,16-13+/t16-,18+,20+;2*19-,20-,21+/m000/s1. The van der Waals surface area contributed by atoms with Crippen LogP contribution in [0, 0.1) is 35.5 Å². The number of alkyl halides is 3. The Kier molecular flexibility index (Phi) is 32.2. The molecule has 16 heteroatoms. The maximum Gasteiger partial charge on any atom is 0.416 e. The molecule has 0 unspecified atom stereocenters. The molecule has 6 N–H and O–H groups in total. The molecule has 6 rings (SSSR count). The van der Waals surface area contributed by atoms with Crippen LogP contribution in [0.2, 0.25) is 0 Å². The van der Waals surface area contributed by atoms with Gasteiger partial charge in [-0.05, 0) is 150 Å². The smallest absolute Gasteiger partial charge is 0.416 e. The Balaban J connectivity index is 0.000000274. The summed E-state index contributed by atoms with van der Waals surface area (Å²) >= 11 is 0. The zero-order valence-electron chi connectivity index (χ0n) is 48.1. The maximum absolute atomic E-state index is 12.7. The van der Waals surface area contributed by atoms with Gasteiger partial charge in [0.05, 0.1) is 17.8 Å². The van der Waals surface area contributed by atoms with Crippen molar-refractivity contribution in [2.75, 3.05) is 6.61 Å². The molecule has 3 aromatic rings. The molecule has 3 aromatic carbocycles. The molecule has 458 valence electrons. The molecule has 0 aromatic heterocycles. The molecule has 13 nitrogen and oxygen atoms in total.